The summed E-state index contributed by atoms with van der Waals surface area (Å²) in [6.07, 6.45) is 7.51. The van der Waals surface area contributed by atoms with E-state index in [4.69, 9.17) is 0 Å². The predicted molar refractivity (Wildman–Crippen MR) is 153 cm³/mol. The first-order valence-electron chi connectivity index (χ1n) is 12.0. The Labute approximate surface area is 222 Å². The molecule has 6 nitrogen and oxygen atoms in total. The standard InChI is InChI=1S/C27H39N5O.HI/c1-28-27(29-18-17-21-9-8-10-23(19-21)26(33)31(2)3)30-20-22-13-15-25(16-14-22)32(4)24-11-6-5-7-12-24;/h8-10,13-16,19,24H,5-7,11-12,17-18,20H2,1-4H3,(H2,28,29,30);1H. The maximum atomic E-state index is 12.2. The molecule has 1 fully saturated rings. The van der Waals surface area contributed by atoms with E-state index in [1.54, 1.807) is 26.0 Å². The molecule has 0 saturated heterocycles. The summed E-state index contributed by atoms with van der Waals surface area (Å²) >= 11 is 0. The molecule has 3 rings (SSSR count). The normalized spacial score (nSPS) is 14.2. The molecule has 7 heteroatoms. The van der Waals surface area contributed by atoms with Gasteiger partial charge in [-0.3, -0.25) is 9.79 Å². The van der Waals surface area contributed by atoms with Gasteiger partial charge in [-0.25, -0.2) is 0 Å². The summed E-state index contributed by atoms with van der Waals surface area (Å²) in [4.78, 5) is 20.5. The SMILES string of the molecule is CN=C(NCCc1cccc(C(=O)N(C)C)c1)NCc1ccc(N(C)C2CCCCC2)cc1.I. The number of hydrogen-bond donors (Lipinski definition) is 2. The van der Waals surface area contributed by atoms with Crippen molar-refractivity contribution in [3.05, 3.63) is 65.2 Å². The number of nitrogens with zero attached hydrogens (tertiary/aromatic N) is 3. The maximum Gasteiger partial charge on any atom is 0.253 e. The number of amides is 1. The van der Waals surface area contributed by atoms with Crippen LogP contribution < -0.4 is 15.5 Å². The smallest absolute Gasteiger partial charge is 0.253 e. The monoisotopic (exact) mass is 577 g/mol. The van der Waals surface area contributed by atoms with Crippen LogP contribution in [0.3, 0.4) is 0 Å². The van der Waals surface area contributed by atoms with Gasteiger partial charge < -0.3 is 20.4 Å². The van der Waals surface area contributed by atoms with Crippen LogP contribution in [0.25, 0.3) is 0 Å². The van der Waals surface area contributed by atoms with Gasteiger partial charge >= 0.3 is 0 Å². The topological polar surface area (TPSA) is 60.0 Å². The summed E-state index contributed by atoms with van der Waals surface area (Å²) in [5.74, 6) is 0.803. The summed E-state index contributed by atoms with van der Waals surface area (Å²) in [6.45, 7) is 1.46. The van der Waals surface area contributed by atoms with Crippen LogP contribution in [0.15, 0.2) is 53.5 Å². The second-order valence-corrected chi connectivity index (χ2v) is 9.07. The van der Waals surface area contributed by atoms with Gasteiger partial charge in [0.25, 0.3) is 5.91 Å². The highest BCUT2D eigenvalue weighted by molar-refractivity contribution is 14.0. The Kier molecular flexibility index (Phi) is 11.7. The predicted octanol–water partition coefficient (Wildman–Crippen LogP) is 4.68. The fraction of sp³-hybridized carbons (Fsp3) is 0.481. The summed E-state index contributed by atoms with van der Waals surface area (Å²) in [5, 5.41) is 6.76. The molecule has 1 aliphatic rings. The first-order valence-corrected chi connectivity index (χ1v) is 12.0. The average molecular weight is 578 g/mol. The number of guanidine groups is 1. The largest absolute Gasteiger partial charge is 0.372 e. The van der Waals surface area contributed by atoms with Crippen molar-refractivity contribution in [1.29, 1.82) is 0 Å². The Balaban J connectivity index is 0.00000408. The summed E-state index contributed by atoms with van der Waals surface area (Å²) in [7, 11) is 7.55. The summed E-state index contributed by atoms with van der Waals surface area (Å²) < 4.78 is 0. The van der Waals surface area contributed by atoms with Crippen LogP contribution in [0.5, 0.6) is 0 Å². The van der Waals surface area contributed by atoms with Gasteiger partial charge in [0, 0.05) is 58.6 Å². The van der Waals surface area contributed by atoms with Crippen LogP contribution in [-0.4, -0.2) is 57.5 Å². The Bertz CT molecular complexity index is 923. The van der Waals surface area contributed by atoms with E-state index < -0.39 is 0 Å². The number of benzene rings is 2. The highest BCUT2D eigenvalue weighted by Gasteiger charge is 2.18. The molecule has 186 valence electrons. The number of anilines is 1. The van der Waals surface area contributed by atoms with E-state index in [1.165, 1.54) is 43.4 Å². The molecule has 0 unspecified atom stereocenters. The molecule has 0 heterocycles. The Hall–Kier alpha value is -2.29. The molecule has 34 heavy (non-hydrogen) atoms. The van der Waals surface area contributed by atoms with Gasteiger partial charge in [-0.1, -0.05) is 43.5 Å². The fourth-order valence-corrected chi connectivity index (χ4v) is 4.38. The molecule has 2 aromatic rings. The van der Waals surface area contributed by atoms with Gasteiger partial charge in [-0.05, 0) is 54.7 Å². The third kappa shape index (κ3) is 8.18. The molecule has 0 atom stereocenters. The van der Waals surface area contributed by atoms with Gasteiger partial charge in [0.1, 0.15) is 0 Å². The minimum Gasteiger partial charge on any atom is -0.372 e. The third-order valence-electron chi connectivity index (χ3n) is 6.44. The van der Waals surface area contributed by atoms with Gasteiger partial charge in [-0.15, -0.1) is 24.0 Å². The van der Waals surface area contributed by atoms with Gasteiger partial charge in [0.2, 0.25) is 0 Å². The van der Waals surface area contributed by atoms with E-state index in [0.29, 0.717) is 6.04 Å². The first-order chi connectivity index (χ1) is 16.0. The average Bonchev–Trinajstić information content (AvgIpc) is 2.86. The molecule has 2 N–H and O–H groups in total. The van der Waals surface area contributed by atoms with Crippen molar-refractivity contribution in [2.75, 3.05) is 39.6 Å². The van der Waals surface area contributed by atoms with Crippen molar-refractivity contribution in [2.24, 2.45) is 4.99 Å². The highest BCUT2D eigenvalue weighted by Crippen LogP contribution is 2.26. The number of aliphatic imine (C=N–C) groups is 1. The van der Waals surface area contributed by atoms with E-state index in [1.807, 2.05) is 18.2 Å². The zero-order chi connectivity index (χ0) is 23.6. The van der Waals surface area contributed by atoms with Crippen molar-refractivity contribution < 1.29 is 4.79 Å². The number of hydrogen-bond acceptors (Lipinski definition) is 3. The second-order valence-electron chi connectivity index (χ2n) is 9.07. The zero-order valence-electron chi connectivity index (χ0n) is 21.0. The minimum absolute atomic E-state index is 0. The zero-order valence-corrected chi connectivity index (χ0v) is 23.3. The van der Waals surface area contributed by atoms with E-state index in [9.17, 15) is 4.79 Å². The minimum atomic E-state index is 0. The van der Waals surface area contributed by atoms with Crippen LogP contribution in [0, 0.1) is 0 Å². The second kappa shape index (κ2) is 14.2. The van der Waals surface area contributed by atoms with Crippen molar-refractivity contribution in [3.63, 3.8) is 0 Å². The lowest BCUT2D eigenvalue weighted by Gasteiger charge is -2.33. The Morgan fingerprint density at radius 3 is 2.32 bits per heavy atom. The number of halogens is 1. The van der Waals surface area contributed by atoms with Crippen LogP contribution in [0.4, 0.5) is 5.69 Å². The van der Waals surface area contributed by atoms with Crippen LogP contribution >= 0.6 is 24.0 Å². The van der Waals surface area contributed by atoms with E-state index >= 15 is 0 Å². The van der Waals surface area contributed by atoms with Crippen molar-refractivity contribution in [3.8, 4) is 0 Å². The molecule has 2 aromatic carbocycles. The molecule has 1 amide bonds. The highest BCUT2D eigenvalue weighted by atomic mass is 127. The third-order valence-corrected chi connectivity index (χ3v) is 6.44. The lowest BCUT2D eigenvalue weighted by Crippen LogP contribution is -2.37. The number of carbonyl (C=O) groups is 1. The molecule has 0 bridgehead atoms. The van der Waals surface area contributed by atoms with Gasteiger partial charge in [0.15, 0.2) is 5.96 Å². The quantitative estimate of drug-likeness (QED) is 0.272. The van der Waals surface area contributed by atoms with E-state index in [-0.39, 0.29) is 29.9 Å². The van der Waals surface area contributed by atoms with E-state index in [2.05, 4.69) is 57.9 Å². The molecule has 0 aromatic heterocycles. The lowest BCUT2D eigenvalue weighted by atomic mass is 9.94. The molecule has 1 aliphatic carbocycles. The van der Waals surface area contributed by atoms with Gasteiger partial charge in [-0.2, -0.15) is 0 Å². The number of nitrogens with one attached hydrogen (secondary N) is 2. The summed E-state index contributed by atoms with van der Waals surface area (Å²) in [6, 6.07) is 17.3. The Morgan fingerprint density at radius 2 is 1.68 bits per heavy atom. The maximum absolute atomic E-state index is 12.2. The van der Waals surface area contributed by atoms with Crippen LogP contribution in [0.2, 0.25) is 0 Å². The Morgan fingerprint density at radius 1 is 0.971 bits per heavy atom. The molecule has 0 radical (unpaired) electrons. The number of rotatable bonds is 8. The lowest BCUT2D eigenvalue weighted by molar-refractivity contribution is 0.0827. The number of carbonyl (C=O) groups excluding carboxylic acids is 1. The summed E-state index contributed by atoms with van der Waals surface area (Å²) in [5.41, 5.74) is 4.37. The van der Waals surface area contributed by atoms with Crippen molar-refractivity contribution >= 4 is 41.5 Å². The molecule has 0 spiro atoms. The van der Waals surface area contributed by atoms with Gasteiger partial charge in [0.05, 0.1) is 0 Å². The van der Waals surface area contributed by atoms with Crippen LogP contribution in [-0.2, 0) is 13.0 Å². The van der Waals surface area contributed by atoms with Crippen LogP contribution in [0.1, 0.15) is 53.6 Å². The first kappa shape index (κ1) is 28.0. The fourth-order valence-electron chi connectivity index (χ4n) is 4.38. The molecular weight excluding hydrogens is 537 g/mol. The van der Waals surface area contributed by atoms with Crippen molar-refractivity contribution in [1.82, 2.24) is 15.5 Å². The molecule has 0 aliphatic heterocycles. The van der Waals surface area contributed by atoms with E-state index in [0.717, 1.165) is 36.6 Å². The molecule has 1 saturated carbocycles. The van der Waals surface area contributed by atoms with Crippen molar-refractivity contribution in [2.45, 2.75) is 51.1 Å². The molecular formula is C27H40IN5O.